The van der Waals surface area contributed by atoms with Gasteiger partial charge >= 0.3 is 5.97 Å². The van der Waals surface area contributed by atoms with Crippen LogP contribution in [0.4, 0.5) is 0 Å². The Morgan fingerprint density at radius 3 is 2.52 bits per heavy atom. The first kappa shape index (κ1) is 16.3. The quantitative estimate of drug-likeness (QED) is 0.793. The first-order chi connectivity index (χ1) is 9.86. The zero-order valence-corrected chi connectivity index (χ0v) is 14.7. The van der Waals surface area contributed by atoms with E-state index in [4.69, 9.17) is 4.74 Å². The summed E-state index contributed by atoms with van der Waals surface area (Å²) in [5.41, 5.74) is 3.33. The lowest BCUT2D eigenvalue weighted by molar-refractivity contribution is -0.137. The lowest BCUT2D eigenvalue weighted by atomic mass is 9.84. The fraction of sp³-hybridized carbons (Fsp3) is 0.588. The van der Waals surface area contributed by atoms with Gasteiger partial charge in [-0.25, -0.2) is 0 Å². The first-order valence-corrected chi connectivity index (χ1v) is 8.24. The van der Waals surface area contributed by atoms with Crippen molar-refractivity contribution in [1.29, 1.82) is 0 Å². The molecular formula is C17H23BrO3. The molecule has 0 spiro atoms. The number of halogens is 1. The summed E-state index contributed by atoms with van der Waals surface area (Å²) in [6.45, 7) is 6.31. The third-order valence-electron chi connectivity index (χ3n) is 4.33. The zero-order chi connectivity index (χ0) is 15.7. The summed E-state index contributed by atoms with van der Waals surface area (Å²) >= 11 is 3.63. The van der Waals surface area contributed by atoms with Gasteiger partial charge in [0.15, 0.2) is 0 Å². The van der Waals surface area contributed by atoms with Crippen molar-refractivity contribution in [3.63, 3.8) is 0 Å². The van der Waals surface area contributed by atoms with E-state index in [1.54, 1.807) is 7.11 Å². The predicted octanol–water partition coefficient (Wildman–Crippen LogP) is 4.86. The summed E-state index contributed by atoms with van der Waals surface area (Å²) in [4.78, 5) is 11.3. The molecule has 1 saturated carbocycles. The van der Waals surface area contributed by atoms with Crippen LogP contribution >= 0.6 is 15.9 Å². The highest BCUT2D eigenvalue weighted by molar-refractivity contribution is 9.10. The molecule has 0 aromatic heterocycles. The minimum absolute atomic E-state index is 0.0486. The maximum atomic E-state index is 11.3. The van der Waals surface area contributed by atoms with Crippen LogP contribution in [0, 0.1) is 12.8 Å². The predicted molar refractivity (Wildman–Crippen MR) is 87.2 cm³/mol. The van der Waals surface area contributed by atoms with Gasteiger partial charge < -0.3 is 9.84 Å². The van der Waals surface area contributed by atoms with Crippen molar-refractivity contribution < 1.29 is 14.6 Å². The van der Waals surface area contributed by atoms with Crippen molar-refractivity contribution in [3.05, 3.63) is 27.2 Å². The van der Waals surface area contributed by atoms with Crippen molar-refractivity contribution >= 4 is 21.9 Å². The van der Waals surface area contributed by atoms with Gasteiger partial charge in [-0.1, -0.05) is 29.8 Å². The molecule has 1 aliphatic carbocycles. The average molecular weight is 355 g/mol. The number of ether oxygens (including phenoxy) is 1. The second-order valence-electron chi connectivity index (χ2n) is 6.22. The molecule has 116 valence electrons. The molecule has 4 heteroatoms. The van der Waals surface area contributed by atoms with Gasteiger partial charge in [-0.2, -0.15) is 0 Å². The average Bonchev–Trinajstić information content (AvgIpc) is 3.22. The molecule has 0 aliphatic heterocycles. The summed E-state index contributed by atoms with van der Waals surface area (Å²) in [6, 6.07) is 2.10. The smallest absolute Gasteiger partial charge is 0.303 e. The summed E-state index contributed by atoms with van der Waals surface area (Å²) in [7, 11) is 1.68. The molecule has 1 N–H and O–H groups in total. The molecule has 1 aromatic rings. The normalized spacial score (nSPS) is 16.1. The maximum absolute atomic E-state index is 11.3. The summed E-state index contributed by atoms with van der Waals surface area (Å²) in [5, 5.41) is 9.27. The topological polar surface area (TPSA) is 46.5 Å². The van der Waals surface area contributed by atoms with Crippen LogP contribution in [0.15, 0.2) is 10.5 Å². The van der Waals surface area contributed by atoms with Crippen LogP contribution in [0.5, 0.6) is 5.75 Å². The number of hydrogen-bond donors (Lipinski definition) is 1. The van der Waals surface area contributed by atoms with E-state index in [9.17, 15) is 9.90 Å². The fourth-order valence-corrected chi connectivity index (χ4v) is 3.52. The van der Waals surface area contributed by atoms with Crippen molar-refractivity contribution in [1.82, 2.24) is 0 Å². The SMILES string of the molecule is COc1c(C(C)C)cc(Br)c(C)c1C(CC(=O)O)C1CC1. The monoisotopic (exact) mass is 354 g/mol. The molecule has 0 bridgehead atoms. The highest BCUT2D eigenvalue weighted by atomic mass is 79.9. The Labute approximate surface area is 134 Å². The summed E-state index contributed by atoms with van der Waals surface area (Å²) < 4.78 is 6.74. The van der Waals surface area contributed by atoms with E-state index in [1.165, 1.54) is 0 Å². The number of methoxy groups -OCH3 is 1. The lowest BCUT2D eigenvalue weighted by Gasteiger charge is -2.25. The Hall–Kier alpha value is -1.03. The molecule has 21 heavy (non-hydrogen) atoms. The van der Waals surface area contributed by atoms with Crippen molar-refractivity contribution in [2.75, 3.05) is 7.11 Å². The maximum Gasteiger partial charge on any atom is 0.303 e. The van der Waals surface area contributed by atoms with Crippen LogP contribution in [0.3, 0.4) is 0 Å². The molecule has 1 aliphatic rings. The van der Waals surface area contributed by atoms with E-state index < -0.39 is 5.97 Å². The minimum Gasteiger partial charge on any atom is -0.496 e. The number of carboxylic acid groups (broad SMARTS) is 1. The number of carbonyl (C=O) groups is 1. The molecule has 1 fully saturated rings. The Bertz CT molecular complexity index is 547. The highest BCUT2D eigenvalue weighted by Gasteiger charge is 2.37. The van der Waals surface area contributed by atoms with Crippen LogP contribution in [-0.4, -0.2) is 18.2 Å². The van der Waals surface area contributed by atoms with Gasteiger partial charge in [-0.05, 0) is 48.8 Å². The van der Waals surface area contributed by atoms with Gasteiger partial charge in [0.05, 0.1) is 13.5 Å². The van der Waals surface area contributed by atoms with Gasteiger partial charge in [0.1, 0.15) is 5.75 Å². The van der Waals surface area contributed by atoms with Gasteiger partial charge in [0, 0.05) is 16.0 Å². The van der Waals surface area contributed by atoms with Gasteiger partial charge in [0.2, 0.25) is 0 Å². The highest BCUT2D eigenvalue weighted by Crippen LogP contribution is 2.50. The molecule has 1 aromatic carbocycles. The Morgan fingerprint density at radius 2 is 2.10 bits per heavy atom. The van der Waals surface area contributed by atoms with Crippen molar-refractivity contribution in [2.24, 2.45) is 5.92 Å². The number of carboxylic acids is 1. The Kier molecular flexibility index (Phi) is 4.97. The second kappa shape index (κ2) is 6.39. The second-order valence-corrected chi connectivity index (χ2v) is 7.07. The number of rotatable bonds is 6. The molecular weight excluding hydrogens is 332 g/mol. The first-order valence-electron chi connectivity index (χ1n) is 7.45. The van der Waals surface area contributed by atoms with Gasteiger partial charge in [0.25, 0.3) is 0 Å². The largest absolute Gasteiger partial charge is 0.496 e. The molecule has 1 atom stereocenters. The molecule has 0 heterocycles. The summed E-state index contributed by atoms with van der Waals surface area (Å²) in [5.74, 6) is 0.999. The lowest BCUT2D eigenvalue weighted by Crippen LogP contribution is -2.13. The third kappa shape index (κ3) is 3.42. The van der Waals surface area contributed by atoms with Gasteiger partial charge in [-0.3, -0.25) is 4.79 Å². The Morgan fingerprint density at radius 1 is 1.48 bits per heavy atom. The zero-order valence-electron chi connectivity index (χ0n) is 13.1. The van der Waals surface area contributed by atoms with E-state index in [-0.39, 0.29) is 12.3 Å². The standard InChI is InChI=1S/C17H23BrO3/c1-9(2)12-7-14(18)10(3)16(17(12)21-4)13(8-15(19)20)11-5-6-11/h7,9,11,13H,5-6,8H2,1-4H3,(H,19,20). The van der Waals surface area contributed by atoms with E-state index in [2.05, 4.69) is 35.8 Å². The van der Waals surface area contributed by atoms with Crippen LogP contribution in [0.2, 0.25) is 0 Å². The Balaban J connectivity index is 2.60. The van der Waals surface area contributed by atoms with Crippen LogP contribution < -0.4 is 4.74 Å². The third-order valence-corrected chi connectivity index (χ3v) is 5.16. The van der Waals surface area contributed by atoms with E-state index >= 15 is 0 Å². The van der Waals surface area contributed by atoms with E-state index in [0.29, 0.717) is 11.8 Å². The number of aliphatic carboxylic acids is 1. The number of benzene rings is 1. The van der Waals surface area contributed by atoms with E-state index in [0.717, 1.165) is 39.8 Å². The molecule has 1 unspecified atom stereocenters. The number of hydrogen-bond acceptors (Lipinski definition) is 2. The van der Waals surface area contributed by atoms with Crippen LogP contribution in [-0.2, 0) is 4.79 Å². The van der Waals surface area contributed by atoms with Crippen molar-refractivity contribution in [3.8, 4) is 5.75 Å². The molecule has 0 amide bonds. The molecule has 3 nitrogen and oxygen atoms in total. The molecule has 2 rings (SSSR count). The van der Waals surface area contributed by atoms with Crippen molar-refractivity contribution in [2.45, 2.75) is 51.9 Å². The summed E-state index contributed by atoms with van der Waals surface area (Å²) in [6.07, 6.45) is 2.41. The molecule has 0 saturated heterocycles. The van der Waals surface area contributed by atoms with Crippen LogP contribution in [0.25, 0.3) is 0 Å². The van der Waals surface area contributed by atoms with Gasteiger partial charge in [-0.15, -0.1) is 0 Å². The molecule has 0 radical (unpaired) electrons. The van der Waals surface area contributed by atoms with E-state index in [1.807, 2.05) is 6.92 Å². The fourth-order valence-electron chi connectivity index (χ4n) is 3.06. The van der Waals surface area contributed by atoms with Crippen LogP contribution in [0.1, 0.15) is 61.6 Å². The minimum atomic E-state index is -0.737.